The molecule has 13 heavy (non-hydrogen) atoms. The van der Waals surface area contributed by atoms with Crippen molar-refractivity contribution in [2.24, 2.45) is 5.73 Å². The Morgan fingerprint density at radius 3 is 2.23 bits per heavy atom. The fourth-order valence-electron chi connectivity index (χ4n) is 2.24. The van der Waals surface area contributed by atoms with Crippen LogP contribution in [0, 0.1) is 0 Å². The summed E-state index contributed by atoms with van der Waals surface area (Å²) >= 11 is 0. The number of nitrogens with two attached hydrogens (primary N) is 1. The third-order valence-electron chi connectivity index (χ3n) is 3.16. The average molecular weight is 186 g/mol. The lowest BCUT2D eigenvalue weighted by atomic mass is 9.82. The zero-order chi connectivity index (χ0) is 9.90. The minimum Gasteiger partial charge on any atom is -0.328 e. The second kappa shape index (κ2) is 4.37. The molecular weight excluding hydrogens is 164 g/mol. The van der Waals surface area contributed by atoms with E-state index in [1.165, 1.54) is 0 Å². The topological polar surface area (TPSA) is 62.1 Å². The highest BCUT2D eigenvalue weighted by atomic mass is 15.2. The molecule has 2 unspecified atom stereocenters. The summed E-state index contributed by atoms with van der Waals surface area (Å²) < 4.78 is 0. The lowest BCUT2D eigenvalue weighted by Crippen LogP contribution is -2.63. The zero-order valence-electron chi connectivity index (χ0n) is 8.85. The highest BCUT2D eigenvalue weighted by Crippen LogP contribution is 2.24. The predicted molar refractivity (Wildman–Crippen MR) is 55.5 cm³/mol. The van der Waals surface area contributed by atoms with Crippen molar-refractivity contribution in [3.05, 3.63) is 0 Å². The van der Waals surface area contributed by atoms with Crippen molar-refractivity contribution in [2.75, 3.05) is 21.1 Å². The Hall–Kier alpha value is -0.160. The van der Waals surface area contributed by atoms with Crippen LogP contribution in [0.1, 0.15) is 19.3 Å². The summed E-state index contributed by atoms with van der Waals surface area (Å²) in [5.41, 5.74) is 6.03. The predicted octanol–water partition coefficient (Wildman–Crippen LogP) is -0.779. The summed E-state index contributed by atoms with van der Waals surface area (Å²) in [5, 5.41) is 9.96. The number of nitrogens with one attached hydrogen (secondary N) is 3. The van der Waals surface area contributed by atoms with E-state index in [2.05, 4.69) is 16.0 Å². The molecule has 0 saturated heterocycles. The van der Waals surface area contributed by atoms with E-state index in [9.17, 15) is 0 Å². The van der Waals surface area contributed by atoms with Gasteiger partial charge in [-0.15, -0.1) is 0 Å². The molecule has 0 spiro atoms. The summed E-state index contributed by atoms with van der Waals surface area (Å²) in [7, 11) is 5.97. The van der Waals surface area contributed by atoms with E-state index in [-0.39, 0.29) is 11.7 Å². The van der Waals surface area contributed by atoms with Crippen molar-refractivity contribution in [3.63, 3.8) is 0 Å². The molecule has 1 saturated carbocycles. The molecule has 0 heterocycles. The van der Waals surface area contributed by atoms with Crippen LogP contribution in [0.15, 0.2) is 0 Å². The molecule has 0 aromatic heterocycles. The van der Waals surface area contributed by atoms with Crippen LogP contribution in [0.2, 0.25) is 0 Å². The van der Waals surface area contributed by atoms with E-state index >= 15 is 0 Å². The Kier molecular flexibility index (Phi) is 3.67. The molecule has 4 heteroatoms. The molecule has 78 valence electrons. The minimum absolute atomic E-state index is 0.0192. The van der Waals surface area contributed by atoms with Gasteiger partial charge in [-0.2, -0.15) is 0 Å². The van der Waals surface area contributed by atoms with Gasteiger partial charge in [0.2, 0.25) is 0 Å². The van der Waals surface area contributed by atoms with Gasteiger partial charge in [0.15, 0.2) is 0 Å². The fourth-order valence-corrected chi connectivity index (χ4v) is 2.24. The summed E-state index contributed by atoms with van der Waals surface area (Å²) in [6, 6.07) is 0.801. The highest BCUT2D eigenvalue weighted by molar-refractivity contribution is 4.96. The molecule has 1 aliphatic carbocycles. The maximum absolute atomic E-state index is 6.01. The molecular formula is C9H22N4. The standard InChI is InChI=1S/C9H22N4/c1-11-8-4-7(10)5-9(6-8,12-2)13-3/h7-8,11-13H,4-6,10H2,1-3H3. The van der Waals surface area contributed by atoms with Crippen molar-refractivity contribution >= 4 is 0 Å². The van der Waals surface area contributed by atoms with Gasteiger partial charge in [-0.1, -0.05) is 0 Å². The Labute approximate surface area is 80.6 Å². The molecule has 1 rings (SSSR count). The second-order valence-corrected chi connectivity index (χ2v) is 3.97. The van der Waals surface area contributed by atoms with Crippen LogP contribution in [-0.2, 0) is 0 Å². The lowest BCUT2D eigenvalue weighted by molar-refractivity contribution is 0.161. The molecule has 1 aliphatic rings. The van der Waals surface area contributed by atoms with Crippen LogP contribution in [0.3, 0.4) is 0 Å². The van der Waals surface area contributed by atoms with Crippen LogP contribution >= 0.6 is 0 Å². The molecule has 0 aromatic carbocycles. The van der Waals surface area contributed by atoms with E-state index in [0.717, 1.165) is 19.3 Å². The van der Waals surface area contributed by atoms with Crippen molar-refractivity contribution in [1.29, 1.82) is 0 Å². The van der Waals surface area contributed by atoms with Crippen molar-refractivity contribution in [3.8, 4) is 0 Å². The summed E-state index contributed by atoms with van der Waals surface area (Å²) in [6.07, 6.45) is 3.16. The molecule has 0 radical (unpaired) electrons. The first-order valence-corrected chi connectivity index (χ1v) is 4.96. The largest absolute Gasteiger partial charge is 0.328 e. The van der Waals surface area contributed by atoms with Crippen molar-refractivity contribution < 1.29 is 0 Å². The van der Waals surface area contributed by atoms with Gasteiger partial charge in [-0.05, 0) is 40.4 Å². The van der Waals surface area contributed by atoms with Gasteiger partial charge in [-0.3, -0.25) is 0 Å². The molecule has 5 N–H and O–H groups in total. The van der Waals surface area contributed by atoms with Crippen LogP contribution < -0.4 is 21.7 Å². The van der Waals surface area contributed by atoms with E-state index in [0.29, 0.717) is 6.04 Å². The van der Waals surface area contributed by atoms with Crippen LogP contribution in [0.5, 0.6) is 0 Å². The van der Waals surface area contributed by atoms with E-state index < -0.39 is 0 Å². The van der Waals surface area contributed by atoms with Crippen LogP contribution in [0.4, 0.5) is 0 Å². The Morgan fingerprint density at radius 2 is 1.77 bits per heavy atom. The average Bonchev–Trinajstić information content (AvgIpc) is 2.16. The van der Waals surface area contributed by atoms with Crippen LogP contribution in [-0.4, -0.2) is 38.9 Å². The van der Waals surface area contributed by atoms with E-state index in [4.69, 9.17) is 5.73 Å². The molecule has 0 amide bonds. The summed E-state index contributed by atoms with van der Waals surface area (Å²) in [5.74, 6) is 0. The van der Waals surface area contributed by atoms with Crippen LogP contribution in [0.25, 0.3) is 0 Å². The maximum Gasteiger partial charge on any atom is 0.0712 e. The molecule has 1 fully saturated rings. The van der Waals surface area contributed by atoms with Gasteiger partial charge < -0.3 is 21.7 Å². The molecule has 0 bridgehead atoms. The van der Waals surface area contributed by atoms with Crippen molar-refractivity contribution in [1.82, 2.24) is 16.0 Å². The third-order valence-corrected chi connectivity index (χ3v) is 3.16. The smallest absolute Gasteiger partial charge is 0.0712 e. The minimum atomic E-state index is 0.0192. The number of rotatable bonds is 3. The monoisotopic (exact) mass is 186 g/mol. The summed E-state index contributed by atoms with van der Waals surface area (Å²) in [4.78, 5) is 0. The highest BCUT2D eigenvalue weighted by Gasteiger charge is 2.36. The molecule has 2 atom stereocenters. The van der Waals surface area contributed by atoms with Gasteiger partial charge in [0.25, 0.3) is 0 Å². The second-order valence-electron chi connectivity index (χ2n) is 3.97. The first kappa shape index (κ1) is 10.9. The van der Waals surface area contributed by atoms with Gasteiger partial charge in [0.05, 0.1) is 5.66 Å². The van der Waals surface area contributed by atoms with Gasteiger partial charge in [-0.25, -0.2) is 0 Å². The fraction of sp³-hybridized carbons (Fsp3) is 1.00. The SMILES string of the molecule is CNC1CC(N)CC(NC)(NC)C1. The van der Waals surface area contributed by atoms with E-state index in [1.807, 2.05) is 21.1 Å². The number of hydrogen-bond donors (Lipinski definition) is 4. The first-order chi connectivity index (χ1) is 6.15. The molecule has 4 nitrogen and oxygen atoms in total. The normalized spacial score (nSPS) is 33.2. The lowest BCUT2D eigenvalue weighted by Gasteiger charge is -2.43. The van der Waals surface area contributed by atoms with Gasteiger partial charge in [0.1, 0.15) is 0 Å². The number of hydrogen-bond acceptors (Lipinski definition) is 4. The maximum atomic E-state index is 6.01. The van der Waals surface area contributed by atoms with Crippen molar-refractivity contribution in [2.45, 2.75) is 37.0 Å². The Morgan fingerprint density at radius 1 is 1.15 bits per heavy atom. The van der Waals surface area contributed by atoms with Gasteiger partial charge in [0, 0.05) is 12.1 Å². The molecule has 0 aliphatic heterocycles. The summed E-state index contributed by atoms with van der Waals surface area (Å²) in [6.45, 7) is 0. The zero-order valence-corrected chi connectivity index (χ0v) is 8.85. The van der Waals surface area contributed by atoms with E-state index in [1.54, 1.807) is 0 Å². The third kappa shape index (κ3) is 2.40. The Balaban J connectivity index is 2.64. The molecule has 0 aromatic rings. The van der Waals surface area contributed by atoms with Gasteiger partial charge >= 0.3 is 0 Å². The quantitative estimate of drug-likeness (QED) is 0.437. The Bertz CT molecular complexity index is 156. The first-order valence-electron chi connectivity index (χ1n) is 4.96.